The van der Waals surface area contributed by atoms with Crippen LogP contribution in [0, 0.1) is 0 Å². The molecule has 2 rings (SSSR count). The van der Waals surface area contributed by atoms with Gasteiger partial charge in [-0.25, -0.2) is 13.1 Å². The minimum absolute atomic E-state index is 0.0282. The molecule has 0 atom stereocenters. The van der Waals surface area contributed by atoms with Crippen molar-refractivity contribution in [2.24, 2.45) is 0 Å². The first-order chi connectivity index (χ1) is 11.8. The molecule has 0 heterocycles. The Balaban J connectivity index is 2.23. The Labute approximate surface area is 161 Å². The van der Waals surface area contributed by atoms with Crippen LogP contribution >= 0.6 is 34.8 Å². The third-order valence-electron chi connectivity index (χ3n) is 3.23. The van der Waals surface area contributed by atoms with Gasteiger partial charge in [-0.05, 0) is 36.8 Å². The van der Waals surface area contributed by atoms with Crippen molar-refractivity contribution in [1.29, 1.82) is 0 Å². The number of hydrogen-bond donors (Lipinski definition) is 1. The molecule has 1 N–H and O–H groups in total. The Morgan fingerprint density at radius 2 is 1.68 bits per heavy atom. The van der Waals surface area contributed by atoms with E-state index in [4.69, 9.17) is 44.3 Å². The van der Waals surface area contributed by atoms with E-state index in [0.29, 0.717) is 23.7 Å². The third-order valence-corrected chi connectivity index (χ3v) is 5.77. The summed E-state index contributed by atoms with van der Waals surface area (Å²) >= 11 is 17.8. The zero-order chi connectivity index (χ0) is 18.6. The normalized spacial score (nSPS) is 11.4. The maximum atomic E-state index is 12.5. The van der Waals surface area contributed by atoms with Gasteiger partial charge in [-0.1, -0.05) is 40.9 Å². The van der Waals surface area contributed by atoms with Crippen molar-refractivity contribution in [3.8, 4) is 11.5 Å². The number of sulfonamides is 1. The van der Waals surface area contributed by atoms with Crippen LogP contribution in [0.3, 0.4) is 0 Å². The van der Waals surface area contributed by atoms with Crippen LogP contribution in [0.4, 0.5) is 0 Å². The van der Waals surface area contributed by atoms with E-state index < -0.39 is 10.0 Å². The molecule has 5 nitrogen and oxygen atoms in total. The van der Waals surface area contributed by atoms with E-state index in [-0.39, 0.29) is 26.5 Å². The highest BCUT2D eigenvalue weighted by Crippen LogP contribution is 2.33. The summed E-state index contributed by atoms with van der Waals surface area (Å²) in [4.78, 5) is -0.210. The molecule has 0 unspecified atom stereocenters. The van der Waals surface area contributed by atoms with E-state index in [9.17, 15) is 8.42 Å². The van der Waals surface area contributed by atoms with Gasteiger partial charge in [0.25, 0.3) is 0 Å². The van der Waals surface area contributed by atoms with Crippen LogP contribution in [0.25, 0.3) is 0 Å². The van der Waals surface area contributed by atoms with Crippen molar-refractivity contribution in [3.05, 3.63) is 51.0 Å². The first-order valence-electron chi connectivity index (χ1n) is 7.22. The molecule has 136 valence electrons. The smallest absolute Gasteiger partial charge is 0.243 e. The predicted molar refractivity (Wildman–Crippen MR) is 99.7 cm³/mol. The SMILES string of the molecule is CCOc1ccc(CNS(=O)(=O)c2c(Cl)cc(Cl)cc2Cl)cc1OC. The van der Waals surface area contributed by atoms with Crippen molar-refractivity contribution in [3.63, 3.8) is 0 Å². The Kier molecular flexibility index (Phi) is 6.82. The Bertz CT molecular complexity index is 849. The van der Waals surface area contributed by atoms with Gasteiger partial charge < -0.3 is 9.47 Å². The van der Waals surface area contributed by atoms with Crippen LogP contribution in [0.15, 0.2) is 35.2 Å². The molecule has 2 aromatic rings. The van der Waals surface area contributed by atoms with Gasteiger partial charge in [0, 0.05) is 11.6 Å². The number of nitrogens with one attached hydrogen (secondary N) is 1. The second kappa shape index (κ2) is 8.47. The topological polar surface area (TPSA) is 64.6 Å². The van der Waals surface area contributed by atoms with Gasteiger partial charge in [0.15, 0.2) is 11.5 Å². The van der Waals surface area contributed by atoms with E-state index in [1.807, 2.05) is 6.92 Å². The minimum Gasteiger partial charge on any atom is -0.493 e. The minimum atomic E-state index is -3.92. The molecule has 0 saturated carbocycles. The average molecular weight is 425 g/mol. The van der Waals surface area contributed by atoms with Gasteiger partial charge in [-0.2, -0.15) is 0 Å². The summed E-state index contributed by atoms with van der Waals surface area (Å²) in [6.45, 7) is 2.39. The highest BCUT2D eigenvalue weighted by molar-refractivity contribution is 7.89. The number of hydrogen-bond acceptors (Lipinski definition) is 4. The van der Waals surface area contributed by atoms with E-state index >= 15 is 0 Å². The highest BCUT2D eigenvalue weighted by Gasteiger charge is 2.22. The van der Waals surface area contributed by atoms with Gasteiger partial charge >= 0.3 is 0 Å². The summed E-state index contributed by atoms with van der Waals surface area (Å²) in [6.07, 6.45) is 0. The molecule has 2 aromatic carbocycles. The fourth-order valence-corrected chi connectivity index (χ4v) is 4.69. The molecule has 0 fully saturated rings. The summed E-state index contributed by atoms with van der Waals surface area (Å²) in [6, 6.07) is 7.79. The average Bonchev–Trinajstić information content (AvgIpc) is 2.53. The highest BCUT2D eigenvalue weighted by atomic mass is 35.5. The molecule has 0 saturated heterocycles. The lowest BCUT2D eigenvalue weighted by molar-refractivity contribution is 0.310. The molecule has 0 aliphatic carbocycles. The molecule has 9 heteroatoms. The van der Waals surface area contributed by atoms with Gasteiger partial charge in [-0.15, -0.1) is 0 Å². The van der Waals surface area contributed by atoms with Crippen LogP contribution in [-0.2, 0) is 16.6 Å². The van der Waals surface area contributed by atoms with Crippen molar-refractivity contribution in [2.75, 3.05) is 13.7 Å². The molecule has 0 aromatic heterocycles. The summed E-state index contributed by atoms with van der Waals surface area (Å²) in [5.41, 5.74) is 0.685. The van der Waals surface area contributed by atoms with Gasteiger partial charge in [-0.3, -0.25) is 0 Å². The van der Waals surface area contributed by atoms with Gasteiger partial charge in [0.1, 0.15) is 4.90 Å². The fourth-order valence-electron chi connectivity index (χ4n) is 2.13. The number of ether oxygens (including phenoxy) is 2. The van der Waals surface area contributed by atoms with Crippen molar-refractivity contribution >= 4 is 44.8 Å². The maximum Gasteiger partial charge on any atom is 0.243 e. The molecular formula is C16H16Cl3NO4S. The summed E-state index contributed by atoms with van der Waals surface area (Å²) < 4.78 is 38.1. The van der Waals surface area contributed by atoms with Crippen molar-refractivity contribution in [1.82, 2.24) is 4.72 Å². The second-order valence-electron chi connectivity index (χ2n) is 4.94. The van der Waals surface area contributed by atoms with Crippen molar-refractivity contribution in [2.45, 2.75) is 18.4 Å². The van der Waals surface area contributed by atoms with E-state index in [2.05, 4.69) is 4.72 Å². The van der Waals surface area contributed by atoms with Crippen LogP contribution in [0.2, 0.25) is 15.1 Å². The van der Waals surface area contributed by atoms with Gasteiger partial charge in [0.05, 0.1) is 23.8 Å². The molecule has 0 aliphatic rings. The molecule has 0 radical (unpaired) electrons. The van der Waals surface area contributed by atoms with Crippen LogP contribution < -0.4 is 14.2 Å². The molecule has 0 spiro atoms. The summed E-state index contributed by atoms with van der Waals surface area (Å²) in [5.74, 6) is 1.10. The van der Waals surface area contributed by atoms with Crippen molar-refractivity contribution < 1.29 is 17.9 Å². The Hall–Kier alpha value is -1.18. The van der Waals surface area contributed by atoms with Crippen LogP contribution in [-0.4, -0.2) is 22.1 Å². The number of rotatable bonds is 7. The summed E-state index contributed by atoms with van der Waals surface area (Å²) in [7, 11) is -2.41. The molecule has 0 aliphatic heterocycles. The Morgan fingerprint density at radius 3 is 2.24 bits per heavy atom. The predicted octanol–water partition coefficient (Wildman–Crippen LogP) is 4.53. The Morgan fingerprint density at radius 1 is 1.04 bits per heavy atom. The zero-order valence-corrected chi connectivity index (χ0v) is 16.6. The molecule has 25 heavy (non-hydrogen) atoms. The standard InChI is InChI=1S/C16H16Cl3NO4S/c1-3-24-14-5-4-10(6-15(14)23-2)9-20-25(21,22)16-12(18)7-11(17)8-13(16)19/h4-8,20H,3,9H2,1-2H3. The number of halogens is 3. The van der Waals surface area contributed by atoms with E-state index in [1.54, 1.807) is 18.2 Å². The lowest BCUT2D eigenvalue weighted by atomic mass is 10.2. The summed E-state index contributed by atoms with van der Waals surface area (Å²) in [5, 5.41) is 0.161. The first kappa shape index (κ1) is 20.1. The lowest BCUT2D eigenvalue weighted by Gasteiger charge is -2.13. The molecular weight excluding hydrogens is 409 g/mol. The monoisotopic (exact) mass is 423 g/mol. The number of benzene rings is 2. The largest absolute Gasteiger partial charge is 0.493 e. The fraction of sp³-hybridized carbons (Fsp3) is 0.250. The third kappa shape index (κ3) is 4.92. The maximum absolute atomic E-state index is 12.5. The van der Waals surface area contributed by atoms with E-state index in [0.717, 1.165) is 0 Å². The van der Waals surface area contributed by atoms with Crippen LogP contribution in [0.1, 0.15) is 12.5 Å². The quantitative estimate of drug-likeness (QED) is 0.709. The van der Waals surface area contributed by atoms with Crippen LogP contribution in [0.5, 0.6) is 11.5 Å². The van der Waals surface area contributed by atoms with E-state index in [1.165, 1.54) is 19.2 Å². The first-order valence-corrected chi connectivity index (χ1v) is 9.84. The molecule has 0 bridgehead atoms. The van der Waals surface area contributed by atoms with Gasteiger partial charge in [0.2, 0.25) is 10.0 Å². The molecule has 0 amide bonds. The number of methoxy groups -OCH3 is 1. The zero-order valence-electron chi connectivity index (χ0n) is 13.5. The lowest BCUT2D eigenvalue weighted by Crippen LogP contribution is -2.24. The second-order valence-corrected chi connectivity index (χ2v) is 7.90.